The molecule has 1 aromatic rings. The van der Waals surface area contributed by atoms with Crippen molar-refractivity contribution < 1.29 is 43.1 Å². The molecular formula is C20H30O9. The van der Waals surface area contributed by atoms with Crippen LogP contribution in [0.15, 0.2) is 30.3 Å². The van der Waals surface area contributed by atoms with Gasteiger partial charge < -0.3 is 33.5 Å². The molecule has 1 rings (SSSR count). The van der Waals surface area contributed by atoms with Gasteiger partial charge in [0.25, 0.3) is 5.78 Å². The maximum atomic E-state index is 11.8. The van der Waals surface area contributed by atoms with E-state index >= 15 is 0 Å². The van der Waals surface area contributed by atoms with Crippen molar-refractivity contribution >= 4 is 11.8 Å². The van der Waals surface area contributed by atoms with Gasteiger partial charge in [-0.2, -0.15) is 0 Å². The van der Waals surface area contributed by atoms with Crippen molar-refractivity contribution in [1.29, 1.82) is 0 Å². The summed E-state index contributed by atoms with van der Waals surface area (Å²) in [4.78, 5) is 23.4. The normalized spacial score (nSPS) is 10.8. The first kappa shape index (κ1) is 25.2. The first-order valence-electron chi connectivity index (χ1n) is 9.51. The minimum atomic E-state index is -0.894. The van der Waals surface area contributed by atoms with E-state index in [1.54, 1.807) is 30.3 Å². The Hall–Kier alpha value is -1.88. The zero-order chi connectivity index (χ0) is 21.0. The van der Waals surface area contributed by atoms with Crippen LogP contribution in [0.4, 0.5) is 0 Å². The van der Waals surface area contributed by atoms with Crippen LogP contribution in [0.3, 0.4) is 0 Å². The number of hydrogen-bond donors (Lipinski definition) is 1. The lowest BCUT2D eigenvalue weighted by Crippen LogP contribution is -2.20. The van der Waals surface area contributed by atoms with Crippen molar-refractivity contribution in [2.24, 2.45) is 0 Å². The van der Waals surface area contributed by atoms with E-state index in [2.05, 4.69) is 0 Å². The summed E-state index contributed by atoms with van der Waals surface area (Å²) in [7, 11) is 0. The molecule has 0 bridgehead atoms. The molecule has 9 heteroatoms. The molecule has 0 fully saturated rings. The number of hydrogen-bond acceptors (Lipinski definition) is 9. The number of rotatable bonds is 19. The third-order valence-electron chi connectivity index (χ3n) is 3.41. The fraction of sp³-hybridized carbons (Fsp3) is 0.600. The predicted octanol–water partition coefficient (Wildman–Crippen LogP) is 0.488. The number of carbonyl (C=O) groups is 2. The van der Waals surface area contributed by atoms with Gasteiger partial charge in [0, 0.05) is 5.56 Å². The summed E-state index contributed by atoms with van der Waals surface area (Å²) in [5, 5.41) is 8.52. The molecule has 0 aliphatic heterocycles. The Morgan fingerprint density at radius 2 is 1.03 bits per heavy atom. The zero-order valence-electron chi connectivity index (χ0n) is 16.6. The van der Waals surface area contributed by atoms with E-state index in [9.17, 15) is 9.59 Å². The first-order valence-corrected chi connectivity index (χ1v) is 9.51. The SMILES string of the molecule is O=C(OCCOCCOCCOCCOCCOCCO)C(=O)c1ccccc1. The highest BCUT2D eigenvalue weighted by Crippen LogP contribution is 2.01. The summed E-state index contributed by atoms with van der Waals surface area (Å²) < 4.78 is 31.1. The molecule has 0 saturated heterocycles. The number of Topliss-reactive ketones (excluding diaryl/α,β-unsaturated/α-hetero) is 1. The average molecular weight is 414 g/mol. The van der Waals surface area contributed by atoms with Crippen LogP contribution in [-0.4, -0.2) is 96.1 Å². The molecule has 0 aliphatic carbocycles. The maximum Gasteiger partial charge on any atom is 0.379 e. The van der Waals surface area contributed by atoms with Crippen LogP contribution in [0.5, 0.6) is 0 Å². The van der Waals surface area contributed by atoms with E-state index in [0.717, 1.165) is 0 Å². The van der Waals surface area contributed by atoms with Crippen LogP contribution >= 0.6 is 0 Å². The molecule has 0 atom stereocenters. The highest BCUT2D eigenvalue weighted by atomic mass is 16.6. The summed E-state index contributed by atoms with van der Waals surface area (Å²) in [6, 6.07) is 8.24. The lowest BCUT2D eigenvalue weighted by molar-refractivity contribution is -0.139. The molecule has 164 valence electrons. The van der Waals surface area contributed by atoms with Gasteiger partial charge in [0.05, 0.1) is 72.7 Å². The van der Waals surface area contributed by atoms with E-state index in [1.807, 2.05) is 0 Å². The van der Waals surface area contributed by atoms with Gasteiger partial charge in [-0.05, 0) is 0 Å². The molecule has 0 amide bonds. The van der Waals surface area contributed by atoms with Gasteiger partial charge in [0.1, 0.15) is 6.61 Å². The summed E-state index contributed by atoms with van der Waals surface area (Å²) in [5.74, 6) is -1.57. The minimum absolute atomic E-state index is 0.00551. The standard InChI is InChI=1S/C20H30O9/c21-6-7-24-8-9-25-10-11-26-12-13-27-14-15-28-16-17-29-20(23)19(22)18-4-2-1-3-5-18/h1-5,21H,6-17H2. The predicted molar refractivity (Wildman–Crippen MR) is 103 cm³/mol. The molecule has 29 heavy (non-hydrogen) atoms. The second-order valence-electron chi connectivity index (χ2n) is 5.62. The second-order valence-corrected chi connectivity index (χ2v) is 5.62. The van der Waals surface area contributed by atoms with Crippen molar-refractivity contribution in [3.63, 3.8) is 0 Å². The van der Waals surface area contributed by atoms with Crippen molar-refractivity contribution in [3.05, 3.63) is 35.9 Å². The maximum absolute atomic E-state index is 11.8. The molecule has 0 unspecified atom stereocenters. The number of benzene rings is 1. The Labute approximate surface area is 170 Å². The van der Waals surface area contributed by atoms with E-state index in [-0.39, 0.29) is 19.8 Å². The van der Waals surface area contributed by atoms with Crippen LogP contribution < -0.4 is 0 Å². The van der Waals surface area contributed by atoms with Gasteiger partial charge in [0.2, 0.25) is 0 Å². The molecule has 0 spiro atoms. The number of aliphatic hydroxyl groups excluding tert-OH is 1. The summed E-state index contributed by atoms with van der Waals surface area (Å²) >= 11 is 0. The molecular weight excluding hydrogens is 384 g/mol. The topological polar surface area (TPSA) is 110 Å². The molecule has 9 nitrogen and oxygen atoms in total. The van der Waals surface area contributed by atoms with Crippen molar-refractivity contribution in [2.45, 2.75) is 0 Å². The Morgan fingerprint density at radius 3 is 1.48 bits per heavy atom. The van der Waals surface area contributed by atoms with Gasteiger partial charge in [0.15, 0.2) is 0 Å². The number of carbonyl (C=O) groups excluding carboxylic acids is 2. The smallest absolute Gasteiger partial charge is 0.379 e. The summed E-state index contributed by atoms with van der Waals surface area (Å²) in [6.07, 6.45) is 0. The van der Waals surface area contributed by atoms with Gasteiger partial charge in [-0.3, -0.25) is 4.79 Å². The largest absolute Gasteiger partial charge is 0.457 e. The van der Waals surface area contributed by atoms with E-state index < -0.39 is 11.8 Å². The van der Waals surface area contributed by atoms with Crippen molar-refractivity contribution in [1.82, 2.24) is 0 Å². The highest BCUT2D eigenvalue weighted by molar-refractivity contribution is 6.40. The Balaban J connectivity index is 1.81. The Bertz CT molecular complexity index is 536. The van der Waals surface area contributed by atoms with Gasteiger partial charge in [-0.15, -0.1) is 0 Å². The average Bonchev–Trinajstić information content (AvgIpc) is 2.75. The lowest BCUT2D eigenvalue weighted by atomic mass is 10.1. The van der Waals surface area contributed by atoms with Crippen LogP contribution in [0.25, 0.3) is 0 Å². The molecule has 0 radical (unpaired) electrons. The lowest BCUT2D eigenvalue weighted by Gasteiger charge is -2.08. The van der Waals surface area contributed by atoms with Gasteiger partial charge >= 0.3 is 5.97 Å². The van der Waals surface area contributed by atoms with Crippen LogP contribution in [0.2, 0.25) is 0 Å². The van der Waals surface area contributed by atoms with Gasteiger partial charge in [-0.1, -0.05) is 30.3 Å². The molecule has 0 heterocycles. The zero-order valence-corrected chi connectivity index (χ0v) is 16.6. The molecule has 0 saturated carbocycles. The van der Waals surface area contributed by atoms with Crippen LogP contribution in [0, 0.1) is 0 Å². The Kier molecular flexibility index (Phi) is 15.8. The minimum Gasteiger partial charge on any atom is -0.457 e. The molecule has 0 aromatic heterocycles. The van der Waals surface area contributed by atoms with Crippen molar-refractivity contribution in [2.75, 3.05) is 79.3 Å². The second kappa shape index (κ2) is 18.2. The highest BCUT2D eigenvalue weighted by Gasteiger charge is 2.16. The number of ether oxygens (including phenoxy) is 6. The van der Waals surface area contributed by atoms with E-state index in [4.69, 9.17) is 33.5 Å². The van der Waals surface area contributed by atoms with Crippen LogP contribution in [0.1, 0.15) is 10.4 Å². The molecule has 1 aromatic carbocycles. The number of aliphatic hydroxyl groups is 1. The summed E-state index contributed by atoms with van der Waals surface area (Å²) in [5.41, 5.74) is 0.299. The van der Waals surface area contributed by atoms with Crippen molar-refractivity contribution in [3.8, 4) is 0 Å². The van der Waals surface area contributed by atoms with Gasteiger partial charge in [-0.25, -0.2) is 4.79 Å². The molecule has 0 aliphatic rings. The monoisotopic (exact) mass is 414 g/mol. The third kappa shape index (κ3) is 13.9. The summed E-state index contributed by atoms with van der Waals surface area (Å²) in [6.45, 7) is 3.99. The first-order chi connectivity index (χ1) is 14.3. The fourth-order valence-corrected chi connectivity index (χ4v) is 2.01. The quantitative estimate of drug-likeness (QED) is 0.150. The van der Waals surface area contributed by atoms with E-state index in [0.29, 0.717) is 65.0 Å². The molecule has 1 N–H and O–H groups in total. The fourth-order valence-electron chi connectivity index (χ4n) is 2.01. The number of ketones is 1. The van der Waals surface area contributed by atoms with Crippen LogP contribution in [-0.2, 0) is 33.2 Å². The van der Waals surface area contributed by atoms with E-state index in [1.165, 1.54) is 0 Å². The number of esters is 1. The third-order valence-corrected chi connectivity index (χ3v) is 3.41. The Morgan fingerprint density at radius 1 is 0.621 bits per heavy atom.